The van der Waals surface area contributed by atoms with E-state index in [1.54, 1.807) is 0 Å². The standard InChI is InChI=1S/C20H25NO4/c1-13(8-20-18-5-3-2-4-14(18)6-7-25-20)21-12-19(24)15-9-16(22)11-17(23)10-15/h2-5,9-11,13,19-24H,6-8,12H2,1H3. The molecule has 1 heterocycles. The summed E-state index contributed by atoms with van der Waals surface area (Å²) in [6, 6.07) is 12.7. The molecule has 3 rings (SSSR count). The molecule has 2 aromatic carbocycles. The number of benzene rings is 2. The summed E-state index contributed by atoms with van der Waals surface area (Å²) in [6.45, 7) is 3.13. The number of fused-ring (bicyclic) bond motifs is 1. The van der Waals surface area contributed by atoms with Crippen molar-refractivity contribution in [2.45, 2.75) is 38.0 Å². The number of hydrogen-bond acceptors (Lipinski definition) is 5. The predicted molar refractivity (Wildman–Crippen MR) is 95.7 cm³/mol. The van der Waals surface area contributed by atoms with Gasteiger partial charge in [-0.2, -0.15) is 0 Å². The molecule has 5 nitrogen and oxygen atoms in total. The second-order valence-electron chi connectivity index (χ2n) is 6.65. The average Bonchev–Trinajstić information content (AvgIpc) is 2.59. The molecule has 0 radical (unpaired) electrons. The Morgan fingerprint density at radius 2 is 1.88 bits per heavy atom. The Kier molecular flexibility index (Phi) is 5.58. The fourth-order valence-corrected chi connectivity index (χ4v) is 3.32. The van der Waals surface area contributed by atoms with Crippen LogP contribution in [0.25, 0.3) is 0 Å². The molecule has 0 fully saturated rings. The molecule has 3 atom stereocenters. The van der Waals surface area contributed by atoms with Gasteiger partial charge in [-0.15, -0.1) is 0 Å². The van der Waals surface area contributed by atoms with Crippen molar-refractivity contribution in [3.8, 4) is 11.5 Å². The van der Waals surface area contributed by atoms with E-state index in [-0.39, 0.29) is 23.6 Å². The Bertz CT molecular complexity index is 698. The third-order valence-corrected chi connectivity index (χ3v) is 4.63. The number of rotatable bonds is 6. The molecule has 2 aromatic rings. The number of phenols is 2. The second-order valence-corrected chi connectivity index (χ2v) is 6.65. The van der Waals surface area contributed by atoms with Gasteiger partial charge >= 0.3 is 0 Å². The first-order valence-corrected chi connectivity index (χ1v) is 8.66. The van der Waals surface area contributed by atoms with Crippen molar-refractivity contribution in [3.63, 3.8) is 0 Å². The number of aliphatic hydroxyl groups excluding tert-OH is 1. The van der Waals surface area contributed by atoms with Gasteiger partial charge in [0.15, 0.2) is 0 Å². The third kappa shape index (κ3) is 4.51. The maximum atomic E-state index is 10.3. The molecule has 25 heavy (non-hydrogen) atoms. The molecule has 0 saturated carbocycles. The minimum absolute atomic E-state index is 0.0608. The van der Waals surface area contributed by atoms with Crippen molar-refractivity contribution in [1.29, 1.82) is 0 Å². The molecule has 3 unspecified atom stereocenters. The molecule has 0 spiro atoms. The largest absolute Gasteiger partial charge is 0.508 e. The van der Waals surface area contributed by atoms with Crippen LogP contribution in [0.4, 0.5) is 0 Å². The number of phenolic OH excluding ortho intramolecular Hbond substituents is 2. The summed E-state index contributed by atoms with van der Waals surface area (Å²) in [5.74, 6) is -0.122. The molecule has 134 valence electrons. The monoisotopic (exact) mass is 343 g/mol. The van der Waals surface area contributed by atoms with E-state index in [0.717, 1.165) is 19.4 Å². The summed E-state index contributed by atoms with van der Waals surface area (Å²) in [7, 11) is 0. The van der Waals surface area contributed by atoms with Crippen LogP contribution in [-0.2, 0) is 11.2 Å². The highest BCUT2D eigenvalue weighted by molar-refractivity contribution is 5.37. The molecule has 0 bridgehead atoms. The molecule has 5 heteroatoms. The first-order valence-electron chi connectivity index (χ1n) is 8.66. The topological polar surface area (TPSA) is 82.0 Å². The van der Waals surface area contributed by atoms with E-state index >= 15 is 0 Å². The minimum Gasteiger partial charge on any atom is -0.508 e. The van der Waals surface area contributed by atoms with Crippen molar-refractivity contribution >= 4 is 0 Å². The van der Waals surface area contributed by atoms with Crippen molar-refractivity contribution < 1.29 is 20.1 Å². The number of aliphatic hydroxyl groups is 1. The SMILES string of the molecule is CC(CC1OCCc2ccccc21)NCC(O)c1cc(O)cc(O)c1. The predicted octanol–water partition coefficient (Wildman–Crippen LogP) is 2.81. The van der Waals surface area contributed by atoms with Gasteiger partial charge in [0.1, 0.15) is 11.5 Å². The van der Waals surface area contributed by atoms with Crippen LogP contribution < -0.4 is 5.32 Å². The zero-order valence-corrected chi connectivity index (χ0v) is 14.4. The summed E-state index contributed by atoms with van der Waals surface area (Å²) in [5.41, 5.74) is 3.08. The highest BCUT2D eigenvalue weighted by Gasteiger charge is 2.22. The van der Waals surface area contributed by atoms with Crippen LogP contribution in [0.2, 0.25) is 0 Å². The lowest BCUT2D eigenvalue weighted by molar-refractivity contribution is 0.0296. The van der Waals surface area contributed by atoms with Gasteiger partial charge in [0, 0.05) is 18.7 Å². The van der Waals surface area contributed by atoms with Crippen molar-refractivity contribution in [2.24, 2.45) is 0 Å². The van der Waals surface area contributed by atoms with E-state index in [9.17, 15) is 15.3 Å². The molecule has 0 aliphatic carbocycles. The highest BCUT2D eigenvalue weighted by Crippen LogP contribution is 2.30. The number of aromatic hydroxyl groups is 2. The van der Waals surface area contributed by atoms with E-state index in [0.29, 0.717) is 12.1 Å². The fourth-order valence-electron chi connectivity index (χ4n) is 3.32. The van der Waals surface area contributed by atoms with Gasteiger partial charge in [0.05, 0.1) is 18.8 Å². The van der Waals surface area contributed by atoms with Gasteiger partial charge in [-0.05, 0) is 48.6 Å². The van der Waals surface area contributed by atoms with Crippen molar-refractivity contribution in [1.82, 2.24) is 5.32 Å². The second kappa shape index (κ2) is 7.87. The molecule has 1 aliphatic heterocycles. The summed E-state index contributed by atoms with van der Waals surface area (Å²) in [4.78, 5) is 0. The van der Waals surface area contributed by atoms with Crippen LogP contribution in [0, 0.1) is 0 Å². The molecular weight excluding hydrogens is 318 g/mol. The Hall–Kier alpha value is -2.08. The summed E-state index contributed by atoms with van der Waals surface area (Å²) >= 11 is 0. The summed E-state index contributed by atoms with van der Waals surface area (Å²) in [6.07, 6.45) is 1.03. The number of nitrogens with one attached hydrogen (secondary N) is 1. The van der Waals surface area contributed by atoms with Gasteiger partial charge in [0.25, 0.3) is 0 Å². The van der Waals surface area contributed by atoms with Gasteiger partial charge in [0.2, 0.25) is 0 Å². The third-order valence-electron chi connectivity index (χ3n) is 4.63. The lowest BCUT2D eigenvalue weighted by atomic mass is 9.94. The first-order chi connectivity index (χ1) is 12.0. The smallest absolute Gasteiger partial charge is 0.119 e. The quantitative estimate of drug-likeness (QED) is 0.648. The number of ether oxygens (including phenoxy) is 1. The van der Waals surface area contributed by atoms with Gasteiger partial charge in [-0.1, -0.05) is 24.3 Å². The van der Waals surface area contributed by atoms with Gasteiger partial charge in [-0.3, -0.25) is 0 Å². The molecule has 0 saturated heterocycles. The lowest BCUT2D eigenvalue weighted by Gasteiger charge is -2.29. The molecule has 4 N–H and O–H groups in total. The van der Waals surface area contributed by atoms with Gasteiger partial charge < -0.3 is 25.4 Å². The molecule has 0 amide bonds. The van der Waals surface area contributed by atoms with E-state index < -0.39 is 6.10 Å². The summed E-state index contributed by atoms with van der Waals surface area (Å²) < 4.78 is 5.93. The van der Waals surface area contributed by atoms with Crippen molar-refractivity contribution in [2.75, 3.05) is 13.2 Å². The zero-order valence-electron chi connectivity index (χ0n) is 14.4. The van der Waals surface area contributed by atoms with E-state index in [1.165, 1.54) is 29.3 Å². The fraction of sp³-hybridized carbons (Fsp3) is 0.400. The first kappa shape index (κ1) is 17.7. The summed E-state index contributed by atoms with van der Waals surface area (Å²) in [5, 5.41) is 32.6. The van der Waals surface area contributed by atoms with E-state index in [4.69, 9.17) is 4.74 Å². The van der Waals surface area contributed by atoms with Crippen LogP contribution in [-0.4, -0.2) is 34.5 Å². The molecular formula is C20H25NO4. The number of hydrogen-bond donors (Lipinski definition) is 4. The van der Waals surface area contributed by atoms with E-state index in [2.05, 4.69) is 30.4 Å². The Morgan fingerprint density at radius 3 is 2.64 bits per heavy atom. The average molecular weight is 343 g/mol. The maximum Gasteiger partial charge on any atom is 0.119 e. The zero-order chi connectivity index (χ0) is 17.8. The van der Waals surface area contributed by atoms with E-state index in [1.807, 2.05) is 6.07 Å². The Labute approximate surface area is 147 Å². The van der Waals surface area contributed by atoms with Crippen LogP contribution in [0.5, 0.6) is 11.5 Å². The Morgan fingerprint density at radius 1 is 1.16 bits per heavy atom. The molecule has 1 aliphatic rings. The van der Waals surface area contributed by atoms with Crippen LogP contribution in [0.3, 0.4) is 0 Å². The Balaban J connectivity index is 1.56. The van der Waals surface area contributed by atoms with Crippen LogP contribution in [0.1, 0.15) is 42.2 Å². The van der Waals surface area contributed by atoms with Crippen molar-refractivity contribution in [3.05, 3.63) is 59.2 Å². The van der Waals surface area contributed by atoms with Crippen LogP contribution in [0.15, 0.2) is 42.5 Å². The van der Waals surface area contributed by atoms with Crippen LogP contribution >= 0.6 is 0 Å². The normalized spacial score (nSPS) is 19.2. The highest BCUT2D eigenvalue weighted by atomic mass is 16.5. The molecule has 0 aromatic heterocycles. The lowest BCUT2D eigenvalue weighted by Crippen LogP contribution is -2.33. The maximum absolute atomic E-state index is 10.3. The van der Waals surface area contributed by atoms with Gasteiger partial charge in [-0.25, -0.2) is 0 Å². The minimum atomic E-state index is -0.806.